The van der Waals surface area contributed by atoms with E-state index in [9.17, 15) is 0 Å². The third-order valence-electron chi connectivity index (χ3n) is 4.62. The summed E-state index contributed by atoms with van der Waals surface area (Å²) in [5.74, 6) is 0.832. The number of hydrogen-bond acceptors (Lipinski definition) is 3. The molecule has 0 bridgehead atoms. The number of halogens is 1. The summed E-state index contributed by atoms with van der Waals surface area (Å²) in [6.07, 6.45) is 0. The van der Waals surface area contributed by atoms with E-state index in [4.69, 9.17) is 4.98 Å². The number of rotatable bonds is 6. The standard InChI is InChI=1S/C22H18IN3S/c23-16-27-21-24-20(25-26-21)22(17-10-4-1-5-11-17,18-12-6-2-7-13-18)19-14-8-3-9-15-19/h1-15H,16H2,(H,24,25,26). The Kier molecular flexibility index (Phi) is 5.59. The molecule has 1 aromatic heterocycles. The number of alkyl halides is 1. The lowest BCUT2D eigenvalue weighted by atomic mass is 9.69. The second kappa shape index (κ2) is 8.27. The van der Waals surface area contributed by atoms with E-state index in [1.165, 1.54) is 0 Å². The molecule has 4 aromatic rings. The largest absolute Gasteiger partial charge is 0.261 e. The van der Waals surface area contributed by atoms with Gasteiger partial charge in [-0.05, 0) is 16.7 Å². The SMILES string of the molecule is ICSc1n[nH]c(C(c2ccccc2)(c2ccccc2)c2ccccc2)n1. The van der Waals surface area contributed by atoms with Crippen LogP contribution in [0.1, 0.15) is 22.5 Å². The highest BCUT2D eigenvalue weighted by Crippen LogP contribution is 2.43. The van der Waals surface area contributed by atoms with Crippen molar-refractivity contribution in [2.45, 2.75) is 10.6 Å². The van der Waals surface area contributed by atoms with Crippen LogP contribution in [-0.4, -0.2) is 18.9 Å². The van der Waals surface area contributed by atoms with Crippen LogP contribution < -0.4 is 0 Å². The fraction of sp³-hybridized carbons (Fsp3) is 0.0909. The van der Waals surface area contributed by atoms with E-state index in [0.717, 1.165) is 31.4 Å². The molecular formula is C22H18IN3S. The fourth-order valence-corrected chi connectivity index (χ4v) is 4.70. The van der Waals surface area contributed by atoms with Crippen LogP contribution in [0.2, 0.25) is 0 Å². The molecule has 3 aromatic carbocycles. The first-order chi connectivity index (χ1) is 13.4. The third kappa shape index (κ3) is 3.41. The fourth-order valence-electron chi connectivity index (χ4n) is 3.50. The molecule has 0 saturated heterocycles. The topological polar surface area (TPSA) is 41.6 Å². The van der Waals surface area contributed by atoms with Crippen LogP contribution in [0, 0.1) is 0 Å². The average Bonchev–Trinajstić information content (AvgIpc) is 3.20. The zero-order valence-electron chi connectivity index (χ0n) is 14.5. The molecular weight excluding hydrogens is 465 g/mol. The molecule has 1 heterocycles. The van der Waals surface area contributed by atoms with Gasteiger partial charge in [0.05, 0.1) is 3.76 Å². The molecule has 0 unspecified atom stereocenters. The molecule has 0 aliphatic carbocycles. The lowest BCUT2D eigenvalue weighted by Crippen LogP contribution is -2.32. The molecule has 0 fully saturated rings. The smallest absolute Gasteiger partial charge is 0.209 e. The van der Waals surface area contributed by atoms with E-state index in [2.05, 4.69) is 106 Å². The summed E-state index contributed by atoms with van der Waals surface area (Å²) in [6, 6.07) is 31.6. The van der Waals surface area contributed by atoms with Gasteiger partial charge in [-0.3, -0.25) is 5.10 Å². The monoisotopic (exact) mass is 483 g/mol. The number of aromatic nitrogens is 3. The lowest BCUT2D eigenvalue weighted by molar-refractivity contribution is 0.683. The van der Waals surface area contributed by atoms with Gasteiger partial charge in [-0.2, -0.15) is 0 Å². The molecule has 27 heavy (non-hydrogen) atoms. The maximum Gasteiger partial charge on any atom is 0.209 e. The molecule has 0 aliphatic rings. The highest BCUT2D eigenvalue weighted by atomic mass is 127. The third-order valence-corrected chi connectivity index (χ3v) is 6.11. The van der Waals surface area contributed by atoms with Crippen molar-refractivity contribution in [3.8, 4) is 0 Å². The summed E-state index contributed by atoms with van der Waals surface area (Å²) in [6.45, 7) is 0. The van der Waals surface area contributed by atoms with Crippen LogP contribution in [0.25, 0.3) is 0 Å². The van der Waals surface area contributed by atoms with E-state index in [-0.39, 0.29) is 0 Å². The van der Waals surface area contributed by atoms with Crippen LogP contribution in [0.3, 0.4) is 0 Å². The van der Waals surface area contributed by atoms with Gasteiger partial charge in [0, 0.05) is 0 Å². The Balaban J connectivity index is 2.06. The first-order valence-corrected chi connectivity index (χ1v) is 11.1. The molecule has 1 N–H and O–H groups in total. The van der Waals surface area contributed by atoms with Gasteiger partial charge in [-0.1, -0.05) is 125 Å². The van der Waals surface area contributed by atoms with Crippen LogP contribution in [0.4, 0.5) is 0 Å². The predicted octanol–water partition coefficient (Wildman–Crippen LogP) is 5.67. The summed E-state index contributed by atoms with van der Waals surface area (Å²) >= 11 is 3.96. The van der Waals surface area contributed by atoms with Gasteiger partial charge in [0.25, 0.3) is 0 Å². The van der Waals surface area contributed by atoms with Crippen LogP contribution >= 0.6 is 34.4 Å². The molecule has 0 spiro atoms. The summed E-state index contributed by atoms with van der Waals surface area (Å²) in [5, 5.41) is 8.48. The number of H-pyrrole nitrogens is 1. The number of benzene rings is 3. The van der Waals surface area contributed by atoms with E-state index in [1.807, 2.05) is 18.2 Å². The van der Waals surface area contributed by atoms with E-state index in [0.29, 0.717) is 0 Å². The van der Waals surface area contributed by atoms with E-state index in [1.54, 1.807) is 11.8 Å². The molecule has 0 atom stereocenters. The van der Waals surface area contributed by atoms with Crippen LogP contribution in [0.15, 0.2) is 96.2 Å². The molecule has 0 aliphatic heterocycles. The van der Waals surface area contributed by atoms with Crippen LogP contribution in [-0.2, 0) is 5.41 Å². The zero-order chi connectivity index (χ0) is 18.5. The van der Waals surface area contributed by atoms with Crippen molar-refractivity contribution in [2.24, 2.45) is 0 Å². The van der Waals surface area contributed by atoms with Gasteiger partial charge in [0.2, 0.25) is 5.16 Å². The Hall–Kier alpha value is -2.12. The molecule has 5 heteroatoms. The quantitative estimate of drug-likeness (QED) is 0.166. The first kappa shape index (κ1) is 18.3. The molecule has 0 saturated carbocycles. The predicted molar refractivity (Wildman–Crippen MR) is 119 cm³/mol. The van der Waals surface area contributed by atoms with Crippen molar-refractivity contribution in [3.05, 3.63) is 114 Å². The van der Waals surface area contributed by atoms with Gasteiger partial charge in [-0.15, -0.1) is 5.10 Å². The first-order valence-electron chi connectivity index (χ1n) is 8.64. The second-order valence-electron chi connectivity index (χ2n) is 6.07. The summed E-state index contributed by atoms with van der Waals surface area (Å²) < 4.78 is 0.907. The van der Waals surface area contributed by atoms with Crippen molar-refractivity contribution < 1.29 is 0 Å². The van der Waals surface area contributed by atoms with Gasteiger partial charge in [0.1, 0.15) is 11.2 Å². The molecule has 134 valence electrons. The van der Waals surface area contributed by atoms with Crippen molar-refractivity contribution >= 4 is 34.4 Å². The number of aromatic amines is 1. The minimum absolute atomic E-state index is 0.555. The van der Waals surface area contributed by atoms with Crippen molar-refractivity contribution in [3.63, 3.8) is 0 Å². The Morgan fingerprint density at radius 1 is 0.741 bits per heavy atom. The summed E-state index contributed by atoms with van der Waals surface area (Å²) in [7, 11) is 0. The van der Waals surface area contributed by atoms with Gasteiger partial charge in [-0.25, -0.2) is 4.98 Å². The molecule has 3 nitrogen and oxygen atoms in total. The number of thioether (sulfide) groups is 1. The second-order valence-corrected chi connectivity index (χ2v) is 8.81. The average molecular weight is 483 g/mol. The van der Waals surface area contributed by atoms with Crippen molar-refractivity contribution in [1.82, 2.24) is 15.2 Å². The minimum Gasteiger partial charge on any atom is -0.261 e. The zero-order valence-corrected chi connectivity index (χ0v) is 17.5. The molecule has 4 rings (SSSR count). The number of hydrogen-bond donors (Lipinski definition) is 1. The highest BCUT2D eigenvalue weighted by Gasteiger charge is 2.41. The Morgan fingerprint density at radius 3 is 1.59 bits per heavy atom. The lowest BCUT2D eigenvalue weighted by Gasteiger charge is -2.33. The minimum atomic E-state index is -0.555. The maximum absolute atomic E-state index is 4.89. The molecule has 0 radical (unpaired) electrons. The maximum atomic E-state index is 4.89. The van der Waals surface area contributed by atoms with Gasteiger partial charge in [0.15, 0.2) is 0 Å². The number of nitrogens with zero attached hydrogens (tertiary/aromatic N) is 2. The number of nitrogens with one attached hydrogen (secondary N) is 1. The van der Waals surface area contributed by atoms with E-state index < -0.39 is 5.41 Å². The Morgan fingerprint density at radius 2 is 1.19 bits per heavy atom. The van der Waals surface area contributed by atoms with E-state index >= 15 is 0 Å². The van der Waals surface area contributed by atoms with Crippen molar-refractivity contribution in [2.75, 3.05) is 3.76 Å². The summed E-state index contributed by atoms with van der Waals surface area (Å²) in [5.41, 5.74) is 2.92. The van der Waals surface area contributed by atoms with Gasteiger partial charge < -0.3 is 0 Å². The Bertz CT molecular complexity index is 891. The van der Waals surface area contributed by atoms with Gasteiger partial charge >= 0.3 is 0 Å². The van der Waals surface area contributed by atoms with Crippen molar-refractivity contribution in [1.29, 1.82) is 0 Å². The normalized spacial score (nSPS) is 11.4. The Labute approximate surface area is 176 Å². The van der Waals surface area contributed by atoms with Crippen LogP contribution in [0.5, 0.6) is 0 Å². The molecule has 0 amide bonds. The highest BCUT2D eigenvalue weighted by molar-refractivity contribution is 14.1. The summed E-state index contributed by atoms with van der Waals surface area (Å²) in [4.78, 5) is 4.89.